The largest absolute Gasteiger partial charge is 0.319 e. The van der Waals surface area contributed by atoms with E-state index in [-0.39, 0.29) is 0 Å². The van der Waals surface area contributed by atoms with Gasteiger partial charge in [-0.3, -0.25) is 9.59 Å². The Hall–Kier alpha value is -1.94. The van der Waals surface area contributed by atoms with Gasteiger partial charge in [-0.2, -0.15) is 0 Å². The van der Waals surface area contributed by atoms with Gasteiger partial charge in [-0.05, 0) is 35.6 Å². The number of hydrogen-bond donors (Lipinski definition) is 1. The van der Waals surface area contributed by atoms with Crippen molar-refractivity contribution in [3.05, 3.63) is 52.2 Å². The minimum absolute atomic E-state index is 0.456. The first-order valence-electron chi connectivity index (χ1n) is 5.69. The minimum atomic E-state index is -0.596. The van der Waals surface area contributed by atoms with Crippen molar-refractivity contribution in [3.63, 3.8) is 0 Å². The Kier molecular flexibility index (Phi) is 3.89. The fraction of sp³-hybridized carbons (Fsp3) is 0.143. The second-order valence-corrected chi connectivity index (χ2v) is 4.76. The second-order valence-electron chi connectivity index (χ2n) is 3.81. The van der Waals surface area contributed by atoms with Gasteiger partial charge in [0.05, 0.1) is 4.88 Å². The third-order valence-corrected chi connectivity index (χ3v) is 3.44. The van der Waals surface area contributed by atoms with Crippen LogP contribution in [0.25, 0.3) is 0 Å². The van der Waals surface area contributed by atoms with E-state index in [1.54, 1.807) is 29.6 Å². The average molecular weight is 259 g/mol. The van der Waals surface area contributed by atoms with Gasteiger partial charge < -0.3 is 5.32 Å². The zero-order valence-electron chi connectivity index (χ0n) is 9.97. The number of rotatable bonds is 4. The first-order chi connectivity index (χ1) is 8.70. The van der Waals surface area contributed by atoms with Gasteiger partial charge in [0.25, 0.3) is 11.7 Å². The zero-order chi connectivity index (χ0) is 13.0. The molecule has 0 radical (unpaired) electrons. The minimum Gasteiger partial charge on any atom is -0.319 e. The molecule has 92 valence electrons. The molecule has 0 spiro atoms. The Balaban J connectivity index is 2.04. The zero-order valence-corrected chi connectivity index (χ0v) is 10.8. The Morgan fingerprint density at radius 3 is 2.44 bits per heavy atom. The average Bonchev–Trinajstić information content (AvgIpc) is 2.92. The number of benzene rings is 1. The van der Waals surface area contributed by atoms with Crippen molar-refractivity contribution in [1.29, 1.82) is 0 Å². The van der Waals surface area contributed by atoms with Gasteiger partial charge in [0.1, 0.15) is 0 Å². The maximum absolute atomic E-state index is 11.7. The summed E-state index contributed by atoms with van der Waals surface area (Å²) in [6.45, 7) is 2.06. The summed E-state index contributed by atoms with van der Waals surface area (Å²) in [7, 11) is 0. The highest BCUT2D eigenvalue weighted by Crippen LogP contribution is 2.13. The fourth-order valence-corrected chi connectivity index (χ4v) is 2.19. The number of Topliss-reactive ketones (excluding diaryl/α,β-unsaturated/α-hetero) is 1. The number of carbonyl (C=O) groups is 2. The molecule has 2 aromatic rings. The summed E-state index contributed by atoms with van der Waals surface area (Å²) in [6, 6.07) is 10.9. The predicted octanol–water partition coefficient (Wildman–Crippen LogP) is 3.13. The lowest BCUT2D eigenvalue weighted by molar-refractivity contribution is -0.112. The molecular formula is C14H13NO2S. The fourth-order valence-electron chi connectivity index (χ4n) is 1.53. The third kappa shape index (κ3) is 2.84. The van der Waals surface area contributed by atoms with Crippen LogP contribution in [-0.4, -0.2) is 11.7 Å². The molecule has 18 heavy (non-hydrogen) atoms. The lowest BCUT2D eigenvalue weighted by Crippen LogP contribution is -2.21. The van der Waals surface area contributed by atoms with Gasteiger partial charge >= 0.3 is 0 Å². The van der Waals surface area contributed by atoms with Gasteiger partial charge in [0.2, 0.25) is 0 Å². The summed E-state index contributed by atoms with van der Waals surface area (Å²) in [6.07, 6.45) is 0.947. The van der Waals surface area contributed by atoms with Crippen molar-refractivity contribution < 1.29 is 9.59 Å². The topological polar surface area (TPSA) is 46.2 Å². The van der Waals surface area contributed by atoms with Crippen molar-refractivity contribution in [1.82, 2.24) is 0 Å². The standard InChI is InChI=1S/C14H13NO2S/c1-2-10-5-7-11(8-6-10)15-14(17)13(16)12-4-3-9-18-12/h3-9H,2H2,1H3,(H,15,17). The van der Waals surface area contributed by atoms with Gasteiger partial charge in [-0.1, -0.05) is 25.1 Å². The van der Waals surface area contributed by atoms with Crippen LogP contribution in [0.3, 0.4) is 0 Å². The molecule has 0 saturated carbocycles. The number of ketones is 1. The molecule has 0 saturated heterocycles. The molecule has 0 aliphatic rings. The molecular weight excluding hydrogens is 246 g/mol. The molecule has 0 fully saturated rings. The highest BCUT2D eigenvalue weighted by Gasteiger charge is 2.16. The Morgan fingerprint density at radius 2 is 1.89 bits per heavy atom. The van der Waals surface area contributed by atoms with E-state index in [1.165, 1.54) is 16.9 Å². The normalized spacial score (nSPS) is 10.1. The molecule has 0 aliphatic heterocycles. The number of aryl methyl sites for hydroxylation is 1. The summed E-state index contributed by atoms with van der Waals surface area (Å²) >= 11 is 1.27. The Labute approximate surface area is 109 Å². The third-order valence-electron chi connectivity index (χ3n) is 2.57. The molecule has 0 atom stereocenters. The summed E-state index contributed by atoms with van der Waals surface area (Å²) in [5.74, 6) is -1.09. The van der Waals surface area contributed by atoms with Crippen LogP contribution in [0.4, 0.5) is 5.69 Å². The van der Waals surface area contributed by atoms with E-state index in [1.807, 2.05) is 12.1 Å². The maximum atomic E-state index is 11.7. The molecule has 0 aliphatic carbocycles. The van der Waals surface area contributed by atoms with Crippen LogP contribution in [-0.2, 0) is 11.2 Å². The lowest BCUT2D eigenvalue weighted by atomic mass is 10.1. The second kappa shape index (κ2) is 5.60. The van der Waals surface area contributed by atoms with E-state index in [9.17, 15) is 9.59 Å². The van der Waals surface area contributed by atoms with Crippen LogP contribution >= 0.6 is 11.3 Å². The van der Waals surface area contributed by atoms with Crippen molar-refractivity contribution in [3.8, 4) is 0 Å². The summed E-state index contributed by atoms with van der Waals surface area (Å²) in [5, 5.41) is 4.37. The van der Waals surface area contributed by atoms with Crippen LogP contribution in [0.1, 0.15) is 22.2 Å². The van der Waals surface area contributed by atoms with Crippen molar-refractivity contribution >= 4 is 28.7 Å². The Bertz CT molecular complexity index is 544. The van der Waals surface area contributed by atoms with E-state index in [0.717, 1.165) is 6.42 Å². The molecule has 0 bridgehead atoms. The number of nitrogens with one attached hydrogen (secondary N) is 1. The molecule has 1 heterocycles. The Morgan fingerprint density at radius 1 is 1.17 bits per heavy atom. The molecule has 1 aromatic carbocycles. The highest BCUT2D eigenvalue weighted by molar-refractivity contribution is 7.13. The quantitative estimate of drug-likeness (QED) is 0.677. The molecule has 4 heteroatoms. The van der Waals surface area contributed by atoms with Gasteiger partial charge in [-0.25, -0.2) is 0 Å². The summed E-state index contributed by atoms with van der Waals surface area (Å²) in [5.41, 5.74) is 1.83. The number of anilines is 1. The van der Waals surface area contributed by atoms with E-state index >= 15 is 0 Å². The molecule has 3 nitrogen and oxygen atoms in total. The van der Waals surface area contributed by atoms with E-state index in [0.29, 0.717) is 10.6 Å². The monoisotopic (exact) mass is 259 g/mol. The smallest absolute Gasteiger partial charge is 0.297 e. The van der Waals surface area contributed by atoms with Gasteiger partial charge in [0, 0.05) is 5.69 Å². The lowest BCUT2D eigenvalue weighted by Gasteiger charge is -2.04. The summed E-state index contributed by atoms with van der Waals surface area (Å²) < 4.78 is 0. The SMILES string of the molecule is CCc1ccc(NC(=O)C(=O)c2cccs2)cc1. The van der Waals surface area contributed by atoms with Crippen LogP contribution < -0.4 is 5.32 Å². The maximum Gasteiger partial charge on any atom is 0.297 e. The van der Waals surface area contributed by atoms with Crippen LogP contribution in [0.2, 0.25) is 0 Å². The van der Waals surface area contributed by atoms with Crippen molar-refractivity contribution in [2.75, 3.05) is 5.32 Å². The number of thiophene rings is 1. The summed E-state index contributed by atoms with van der Waals surface area (Å²) in [4.78, 5) is 23.9. The van der Waals surface area contributed by atoms with Crippen molar-refractivity contribution in [2.45, 2.75) is 13.3 Å². The number of hydrogen-bond acceptors (Lipinski definition) is 3. The number of carbonyl (C=O) groups excluding carboxylic acids is 2. The highest BCUT2D eigenvalue weighted by atomic mass is 32.1. The van der Waals surface area contributed by atoms with Crippen LogP contribution in [0, 0.1) is 0 Å². The van der Waals surface area contributed by atoms with Crippen LogP contribution in [0.15, 0.2) is 41.8 Å². The van der Waals surface area contributed by atoms with E-state index in [2.05, 4.69) is 12.2 Å². The first kappa shape index (κ1) is 12.5. The van der Waals surface area contributed by atoms with Crippen LogP contribution in [0.5, 0.6) is 0 Å². The molecule has 1 amide bonds. The number of amides is 1. The first-order valence-corrected chi connectivity index (χ1v) is 6.57. The van der Waals surface area contributed by atoms with Gasteiger partial charge in [0.15, 0.2) is 0 Å². The molecule has 0 unspecified atom stereocenters. The molecule has 2 rings (SSSR count). The van der Waals surface area contributed by atoms with Gasteiger partial charge in [-0.15, -0.1) is 11.3 Å². The predicted molar refractivity (Wildman–Crippen MR) is 73.1 cm³/mol. The molecule has 1 aromatic heterocycles. The van der Waals surface area contributed by atoms with E-state index < -0.39 is 11.7 Å². The molecule has 1 N–H and O–H groups in total. The van der Waals surface area contributed by atoms with E-state index in [4.69, 9.17) is 0 Å². The van der Waals surface area contributed by atoms with Crippen molar-refractivity contribution in [2.24, 2.45) is 0 Å².